The van der Waals surface area contributed by atoms with Crippen LogP contribution in [0, 0.1) is 46.3 Å². The van der Waals surface area contributed by atoms with E-state index in [1.165, 1.54) is 57.8 Å². The molecule has 0 saturated heterocycles. The second-order valence-electron chi connectivity index (χ2n) is 11.3. The van der Waals surface area contributed by atoms with Gasteiger partial charge in [0.15, 0.2) is 0 Å². The van der Waals surface area contributed by atoms with Crippen molar-refractivity contribution in [3.63, 3.8) is 0 Å². The van der Waals surface area contributed by atoms with Gasteiger partial charge >= 0.3 is 36.2 Å². The van der Waals surface area contributed by atoms with Gasteiger partial charge in [-0.3, -0.25) is 0 Å². The van der Waals surface area contributed by atoms with E-state index in [0.29, 0.717) is 23.7 Å². The van der Waals surface area contributed by atoms with Gasteiger partial charge in [-0.25, -0.2) is 0 Å². The van der Waals surface area contributed by atoms with E-state index in [1.54, 1.807) is 4.93 Å². The molecule has 4 aliphatic rings. The van der Waals surface area contributed by atoms with E-state index < -0.39 is 34.2 Å². The van der Waals surface area contributed by atoms with Crippen molar-refractivity contribution < 1.29 is 43.3 Å². The quantitative estimate of drug-likeness (QED) is 0.341. The fourth-order valence-corrected chi connectivity index (χ4v) is 8.64. The van der Waals surface area contributed by atoms with Crippen LogP contribution >= 0.6 is 0 Å². The molecule has 0 spiro atoms. The summed E-state index contributed by atoms with van der Waals surface area (Å²) >= 11 is -0.410. The van der Waals surface area contributed by atoms with Crippen molar-refractivity contribution in [1.29, 1.82) is 0 Å². The first-order valence-electron chi connectivity index (χ1n) is 13.7. The molecule has 8 atom stereocenters. The molecule has 0 heterocycles. The summed E-state index contributed by atoms with van der Waals surface area (Å²) in [5.74, 6) is 4.46. The van der Waals surface area contributed by atoms with Gasteiger partial charge in [0, 0.05) is 13.5 Å². The number of hydrogen-bond acceptors (Lipinski definition) is 2. The zero-order valence-electron chi connectivity index (χ0n) is 22.9. The van der Waals surface area contributed by atoms with Crippen LogP contribution in [0.3, 0.4) is 0 Å². The van der Waals surface area contributed by atoms with Gasteiger partial charge in [0.25, 0.3) is 0 Å². The Balaban J connectivity index is 0.000000750. The van der Waals surface area contributed by atoms with Gasteiger partial charge in [0.1, 0.15) is 0 Å². The summed E-state index contributed by atoms with van der Waals surface area (Å²) in [4.78, 5) is 1.79. The normalized spacial score (nSPS) is 40.7. The monoisotopic (exact) mass is 605 g/mol. The summed E-state index contributed by atoms with van der Waals surface area (Å²) in [5.41, 5.74) is 0.691. The number of aliphatic hydroxyl groups excluding tert-OH is 1. The van der Waals surface area contributed by atoms with E-state index in [9.17, 15) is 13.2 Å². The van der Waals surface area contributed by atoms with Gasteiger partial charge < -0.3 is 5.11 Å². The molecule has 0 radical (unpaired) electrons. The molecule has 0 amide bonds. The van der Waals surface area contributed by atoms with Crippen LogP contribution in [0.15, 0.2) is 0 Å². The van der Waals surface area contributed by atoms with Crippen LogP contribution in [0.2, 0.25) is 0 Å². The first-order valence-corrected chi connectivity index (χ1v) is 16.9. The molecule has 4 fully saturated rings. The molecule has 0 aromatic heterocycles. The van der Waals surface area contributed by atoms with E-state index in [4.69, 9.17) is 8.54 Å². The first-order chi connectivity index (χ1) is 16.1. The molecule has 2 N–H and O–H groups in total. The van der Waals surface area contributed by atoms with E-state index in [0.717, 1.165) is 37.2 Å². The van der Waals surface area contributed by atoms with Crippen molar-refractivity contribution in [3.8, 4) is 0 Å². The Morgan fingerprint density at radius 3 is 2.00 bits per heavy atom. The molecule has 2 nitrogen and oxygen atoms in total. The number of alkyl halides is 4. The third kappa shape index (κ3) is 7.26. The molecule has 8 unspecified atom stereocenters. The summed E-state index contributed by atoms with van der Waals surface area (Å²) < 4.78 is 46.1. The third-order valence-corrected chi connectivity index (χ3v) is 10.3. The number of halogens is 4. The van der Waals surface area contributed by atoms with Crippen molar-refractivity contribution in [2.24, 2.45) is 46.3 Å². The molecule has 206 valence electrons. The number of rotatable bonds is 3. The van der Waals surface area contributed by atoms with Crippen LogP contribution < -0.4 is 21.6 Å². The predicted molar refractivity (Wildman–Crippen MR) is 132 cm³/mol. The molecule has 6 heteroatoms. The second kappa shape index (κ2) is 14.4. The summed E-state index contributed by atoms with van der Waals surface area (Å²) in [5, 5.41) is 7.00. The van der Waals surface area contributed by atoms with Crippen LogP contribution in [-0.2, 0) is 0 Å². The van der Waals surface area contributed by atoms with Gasteiger partial charge in [0.05, 0.1) is 0 Å². The van der Waals surface area contributed by atoms with Gasteiger partial charge in [-0.2, -0.15) is 13.2 Å². The summed E-state index contributed by atoms with van der Waals surface area (Å²) in [6.07, 6.45) is 8.81. The van der Waals surface area contributed by atoms with Crippen molar-refractivity contribution in [2.75, 3.05) is 12.0 Å². The summed E-state index contributed by atoms with van der Waals surface area (Å²) in [6.45, 7) is 11.3. The number of hydrogen-bond donors (Lipinski definition) is 2. The molecule has 0 aromatic rings. The van der Waals surface area contributed by atoms with E-state index in [-0.39, 0.29) is 5.41 Å². The fraction of sp³-hybridized carbons (Fsp3) is 1.00. The van der Waals surface area contributed by atoms with Gasteiger partial charge in [-0.15, -0.1) is 0 Å². The Morgan fingerprint density at radius 1 is 0.882 bits per heavy atom. The Kier molecular flexibility index (Phi) is 13.7. The van der Waals surface area contributed by atoms with Crippen molar-refractivity contribution >= 4 is 0 Å². The van der Waals surface area contributed by atoms with Gasteiger partial charge in [-0.1, -0.05) is 41.0 Å². The predicted octanol–water partition coefficient (Wildman–Crippen LogP) is 5.26. The van der Waals surface area contributed by atoms with Crippen LogP contribution in [0.1, 0.15) is 112 Å². The van der Waals surface area contributed by atoms with Crippen LogP contribution in [0.25, 0.3) is 0 Å². The average Bonchev–Trinajstić information content (AvgIpc) is 3.16. The molecular formula is C28H53F3IO2-. The third-order valence-electron chi connectivity index (χ3n) is 10.3. The standard InChI is InChI=1S/C24H39F3.C2H6.CH4IO.CH4O/c1-4-16-9-12-23(3)18(15-16)5-7-19-20-8-6-17(10-14-24(25,26)27)22(20,2)13-11-21(19)23;1-2;1-2-3;1-2/h16-21H,4-15H2,1-3H3;1-2H3;3H,1H3;2H,1H3/q;;-1;. The minimum absolute atomic E-state index is 0.177. The Labute approximate surface area is 219 Å². The van der Waals surface area contributed by atoms with E-state index in [1.807, 2.05) is 13.8 Å². The molecule has 0 bridgehead atoms. The summed E-state index contributed by atoms with van der Waals surface area (Å²) in [7, 11) is 1.00. The van der Waals surface area contributed by atoms with Crippen molar-refractivity contribution in [2.45, 2.75) is 118 Å². The average molecular weight is 606 g/mol. The molecule has 34 heavy (non-hydrogen) atoms. The first kappa shape index (κ1) is 32.5. The molecule has 4 rings (SSSR count). The Hall–Kier alpha value is 0.440. The van der Waals surface area contributed by atoms with E-state index >= 15 is 0 Å². The molecule has 4 saturated carbocycles. The molecular weight excluding hydrogens is 552 g/mol. The number of fused-ring (bicyclic) bond motifs is 5. The Bertz CT molecular complexity index is 572. The zero-order chi connectivity index (χ0) is 26.2. The van der Waals surface area contributed by atoms with Crippen LogP contribution in [-0.4, -0.2) is 26.8 Å². The SMILES string of the molecule is CC.CCC1CCC2(C)C(CCC3C4CCC(CCC(F)(F)F)C4(C)CCC32)C1.CO.C[I-]O. The molecule has 0 aromatic carbocycles. The summed E-state index contributed by atoms with van der Waals surface area (Å²) in [6, 6.07) is 0. The number of aliphatic hydroxyl groups is 1. The Morgan fingerprint density at radius 2 is 1.44 bits per heavy atom. The topological polar surface area (TPSA) is 40.5 Å². The van der Waals surface area contributed by atoms with Crippen molar-refractivity contribution in [3.05, 3.63) is 0 Å². The van der Waals surface area contributed by atoms with E-state index in [2.05, 4.69) is 20.8 Å². The van der Waals surface area contributed by atoms with Crippen LogP contribution in [0.4, 0.5) is 13.2 Å². The minimum atomic E-state index is -3.99. The maximum absolute atomic E-state index is 12.8. The maximum atomic E-state index is 12.8. The van der Waals surface area contributed by atoms with Crippen molar-refractivity contribution in [1.82, 2.24) is 0 Å². The van der Waals surface area contributed by atoms with Gasteiger partial charge in [0.2, 0.25) is 0 Å². The second-order valence-corrected chi connectivity index (χ2v) is 12.3. The zero-order valence-corrected chi connectivity index (χ0v) is 25.0. The molecule has 4 aliphatic carbocycles. The van der Waals surface area contributed by atoms with Crippen LogP contribution in [0.5, 0.6) is 0 Å². The fourth-order valence-electron chi connectivity index (χ4n) is 8.64. The molecule has 0 aliphatic heterocycles. The van der Waals surface area contributed by atoms with Gasteiger partial charge in [-0.05, 0) is 111 Å².